The average Bonchev–Trinajstić information content (AvgIpc) is 3.19. The SMILES string of the molecule is CCc1ccc(C(CNC(=O)/C=C/c2cc3c(cc2[N+](=O)[O-])OCO3)N(C)C)cc1. The van der Waals surface area contributed by atoms with Crippen molar-refractivity contribution < 1.29 is 19.2 Å². The van der Waals surface area contributed by atoms with E-state index >= 15 is 0 Å². The van der Waals surface area contributed by atoms with E-state index in [0.29, 0.717) is 18.0 Å². The molecule has 3 rings (SSSR count). The van der Waals surface area contributed by atoms with Gasteiger partial charge in [0, 0.05) is 12.6 Å². The van der Waals surface area contributed by atoms with Gasteiger partial charge in [0.05, 0.1) is 22.6 Å². The Hall–Kier alpha value is -3.39. The van der Waals surface area contributed by atoms with Gasteiger partial charge >= 0.3 is 0 Å². The van der Waals surface area contributed by atoms with Crippen LogP contribution in [0, 0.1) is 10.1 Å². The quantitative estimate of drug-likeness (QED) is 0.407. The van der Waals surface area contributed by atoms with Gasteiger partial charge in [0.25, 0.3) is 5.69 Å². The monoisotopic (exact) mass is 411 g/mol. The Morgan fingerprint density at radius 1 is 1.23 bits per heavy atom. The fourth-order valence-corrected chi connectivity index (χ4v) is 3.23. The van der Waals surface area contributed by atoms with Crippen LogP contribution >= 0.6 is 0 Å². The topological polar surface area (TPSA) is 93.9 Å². The number of hydrogen-bond donors (Lipinski definition) is 1. The van der Waals surface area contributed by atoms with Gasteiger partial charge in [-0.1, -0.05) is 31.2 Å². The van der Waals surface area contributed by atoms with Crippen molar-refractivity contribution in [2.75, 3.05) is 27.4 Å². The van der Waals surface area contributed by atoms with E-state index in [9.17, 15) is 14.9 Å². The number of nitrogens with zero attached hydrogens (tertiary/aromatic N) is 2. The minimum absolute atomic E-state index is 0.00753. The molecule has 2 aromatic carbocycles. The van der Waals surface area contributed by atoms with Gasteiger partial charge in [-0.25, -0.2) is 0 Å². The van der Waals surface area contributed by atoms with E-state index in [1.807, 2.05) is 19.0 Å². The van der Waals surface area contributed by atoms with E-state index in [1.54, 1.807) is 0 Å². The largest absolute Gasteiger partial charge is 0.454 e. The Kier molecular flexibility index (Phi) is 6.68. The van der Waals surface area contributed by atoms with Gasteiger partial charge in [-0.15, -0.1) is 0 Å². The van der Waals surface area contributed by atoms with Crippen LogP contribution < -0.4 is 14.8 Å². The molecule has 0 fully saturated rings. The molecule has 1 heterocycles. The Balaban J connectivity index is 1.68. The predicted octanol–water partition coefficient (Wildman–Crippen LogP) is 3.32. The number of carbonyl (C=O) groups is 1. The third kappa shape index (κ3) is 4.96. The summed E-state index contributed by atoms with van der Waals surface area (Å²) in [6, 6.07) is 11.1. The number of nitrogens with one attached hydrogen (secondary N) is 1. The zero-order valence-corrected chi connectivity index (χ0v) is 17.3. The van der Waals surface area contributed by atoms with Gasteiger partial charge in [0.15, 0.2) is 11.5 Å². The number of amides is 1. The van der Waals surface area contributed by atoms with Gasteiger partial charge in [-0.3, -0.25) is 14.9 Å². The van der Waals surface area contributed by atoms with Crippen molar-refractivity contribution >= 4 is 17.7 Å². The third-order valence-electron chi connectivity index (χ3n) is 5.00. The second-order valence-electron chi connectivity index (χ2n) is 7.17. The van der Waals surface area contributed by atoms with Crippen LogP contribution in [0.1, 0.15) is 29.7 Å². The lowest BCUT2D eigenvalue weighted by Crippen LogP contribution is -2.33. The summed E-state index contributed by atoms with van der Waals surface area (Å²) in [6.07, 6.45) is 3.67. The van der Waals surface area contributed by atoms with Crippen molar-refractivity contribution in [2.24, 2.45) is 0 Å². The first kappa shape index (κ1) is 21.3. The molecule has 0 radical (unpaired) electrons. The number of likely N-dealkylation sites (N-methyl/N-ethyl adjacent to an activating group) is 1. The highest BCUT2D eigenvalue weighted by molar-refractivity contribution is 5.92. The maximum Gasteiger partial charge on any atom is 0.280 e. The van der Waals surface area contributed by atoms with Crippen LogP contribution in [0.2, 0.25) is 0 Å². The van der Waals surface area contributed by atoms with Gasteiger partial charge in [0.2, 0.25) is 12.7 Å². The minimum Gasteiger partial charge on any atom is -0.454 e. The lowest BCUT2D eigenvalue weighted by Gasteiger charge is -2.25. The fourth-order valence-electron chi connectivity index (χ4n) is 3.23. The second kappa shape index (κ2) is 9.41. The highest BCUT2D eigenvalue weighted by atomic mass is 16.7. The van der Waals surface area contributed by atoms with E-state index in [0.717, 1.165) is 12.0 Å². The number of fused-ring (bicyclic) bond motifs is 1. The minimum atomic E-state index is -0.512. The Bertz CT molecular complexity index is 954. The van der Waals surface area contributed by atoms with Crippen LogP contribution in [-0.2, 0) is 11.2 Å². The van der Waals surface area contributed by atoms with Gasteiger partial charge in [-0.2, -0.15) is 0 Å². The van der Waals surface area contributed by atoms with Crippen molar-refractivity contribution in [1.82, 2.24) is 10.2 Å². The van der Waals surface area contributed by atoms with Crippen molar-refractivity contribution in [3.63, 3.8) is 0 Å². The van der Waals surface area contributed by atoms with E-state index in [1.165, 1.54) is 29.8 Å². The first-order valence-corrected chi connectivity index (χ1v) is 9.68. The van der Waals surface area contributed by atoms with Crippen molar-refractivity contribution in [1.29, 1.82) is 0 Å². The first-order valence-electron chi connectivity index (χ1n) is 9.68. The third-order valence-corrected chi connectivity index (χ3v) is 5.00. The van der Waals surface area contributed by atoms with E-state index < -0.39 is 4.92 Å². The summed E-state index contributed by atoms with van der Waals surface area (Å²) >= 11 is 0. The Morgan fingerprint density at radius 3 is 2.50 bits per heavy atom. The normalized spacial score (nSPS) is 13.6. The molecule has 1 atom stereocenters. The smallest absolute Gasteiger partial charge is 0.280 e. The molecule has 1 aliphatic rings. The summed E-state index contributed by atoms with van der Waals surface area (Å²) in [6.45, 7) is 2.53. The lowest BCUT2D eigenvalue weighted by atomic mass is 10.0. The number of benzene rings is 2. The van der Waals surface area contributed by atoms with Gasteiger partial charge in [0.1, 0.15) is 0 Å². The molecule has 1 aliphatic heterocycles. The highest BCUT2D eigenvalue weighted by Gasteiger charge is 2.22. The molecule has 1 amide bonds. The molecule has 30 heavy (non-hydrogen) atoms. The fraction of sp³-hybridized carbons (Fsp3) is 0.318. The molecule has 0 aliphatic carbocycles. The molecule has 2 aromatic rings. The number of hydrogen-bond acceptors (Lipinski definition) is 6. The van der Waals surface area contributed by atoms with Crippen LogP contribution in [0.5, 0.6) is 11.5 Å². The van der Waals surface area contributed by atoms with E-state index in [-0.39, 0.29) is 30.0 Å². The summed E-state index contributed by atoms with van der Waals surface area (Å²) in [4.78, 5) is 25.2. The summed E-state index contributed by atoms with van der Waals surface area (Å²) in [5, 5.41) is 14.2. The number of nitro groups is 1. The molecule has 0 aromatic heterocycles. The number of carbonyl (C=O) groups excluding carboxylic acids is 1. The molecular weight excluding hydrogens is 386 g/mol. The zero-order chi connectivity index (χ0) is 21.7. The van der Waals surface area contributed by atoms with E-state index in [2.05, 4.69) is 36.5 Å². The maximum absolute atomic E-state index is 12.3. The van der Waals surface area contributed by atoms with Crippen LogP contribution in [0.3, 0.4) is 0 Å². The van der Waals surface area contributed by atoms with Crippen molar-refractivity contribution in [2.45, 2.75) is 19.4 Å². The summed E-state index contributed by atoms with van der Waals surface area (Å²) in [5.74, 6) is 0.411. The Labute approximate surface area is 175 Å². The standard InChI is InChI=1S/C22H25N3O5/c1-4-15-5-7-16(8-6-15)19(24(2)3)13-23-22(26)10-9-17-11-20-21(30-14-29-20)12-18(17)25(27)28/h5-12,19H,4,13-14H2,1-3H3,(H,23,26)/b10-9+. The van der Waals surface area contributed by atoms with Gasteiger partial charge in [-0.05, 0) is 43.8 Å². The maximum atomic E-state index is 12.3. The molecule has 8 nitrogen and oxygen atoms in total. The molecule has 1 unspecified atom stereocenters. The number of ether oxygens (including phenoxy) is 2. The number of aryl methyl sites for hydroxylation is 1. The lowest BCUT2D eigenvalue weighted by molar-refractivity contribution is -0.385. The zero-order valence-electron chi connectivity index (χ0n) is 17.3. The highest BCUT2D eigenvalue weighted by Crippen LogP contribution is 2.38. The van der Waals surface area contributed by atoms with Crippen LogP contribution in [0.15, 0.2) is 42.5 Å². The van der Waals surface area contributed by atoms with Crippen molar-refractivity contribution in [3.05, 3.63) is 69.3 Å². The molecule has 1 N–H and O–H groups in total. The summed E-state index contributed by atoms with van der Waals surface area (Å²) < 4.78 is 10.4. The van der Waals surface area contributed by atoms with Crippen LogP contribution in [0.25, 0.3) is 6.08 Å². The van der Waals surface area contributed by atoms with E-state index in [4.69, 9.17) is 9.47 Å². The molecular formula is C22H25N3O5. The molecule has 0 saturated carbocycles. The number of nitro benzene ring substituents is 1. The average molecular weight is 411 g/mol. The molecule has 0 spiro atoms. The Morgan fingerprint density at radius 2 is 1.90 bits per heavy atom. The number of rotatable bonds is 8. The van der Waals surface area contributed by atoms with Gasteiger partial charge < -0.3 is 19.7 Å². The summed E-state index contributed by atoms with van der Waals surface area (Å²) in [7, 11) is 3.91. The molecule has 0 saturated heterocycles. The van der Waals surface area contributed by atoms with Crippen molar-refractivity contribution in [3.8, 4) is 11.5 Å². The first-order chi connectivity index (χ1) is 14.4. The summed E-state index contributed by atoms with van der Waals surface area (Å²) in [5.41, 5.74) is 2.49. The molecule has 0 bridgehead atoms. The second-order valence-corrected chi connectivity index (χ2v) is 7.17. The predicted molar refractivity (Wildman–Crippen MR) is 114 cm³/mol. The van der Waals surface area contributed by atoms with Crippen LogP contribution in [0.4, 0.5) is 5.69 Å². The van der Waals surface area contributed by atoms with Crippen LogP contribution in [-0.4, -0.2) is 43.2 Å². The molecule has 8 heteroatoms. The molecule has 158 valence electrons.